The Kier molecular flexibility index (Phi) is 2.97. The molecule has 1 aliphatic carbocycles. The maximum atomic E-state index is 14.4. The number of hydrogen-bond acceptors (Lipinski definition) is 2. The minimum absolute atomic E-state index is 0.0132. The topological polar surface area (TPSA) is 43.8 Å². The van der Waals surface area contributed by atoms with E-state index in [1.54, 1.807) is 11.7 Å². The first-order chi connectivity index (χ1) is 7.41. The SMILES string of the molecule is Cc1nn(C)c(Cl)c1CC1(F)CCC(N)C1. The Morgan fingerprint density at radius 3 is 2.81 bits per heavy atom. The van der Waals surface area contributed by atoms with Crippen LogP contribution in [0.3, 0.4) is 0 Å². The lowest BCUT2D eigenvalue weighted by Crippen LogP contribution is -2.26. The second-order valence-electron chi connectivity index (χ2n) is 4.81. The van der Waals surface area contributed by atoms with E-state index in [0.717, 1.165) is 17.7 Å². The minimum atomic E-state index is -1.20. The molecule has 3 nitrogen and oxygen atoms in total. The molecule has 0 aromatic carbocycles. The first kappa shape index (κ1) is 11.9. The predicted octanol–water partition coefficient (Wildman–Crippen LogP) is 2.14. The quantitative estimate of drug-likeness (QED) is 0.868. The van der Waals surface area contributed by atoms with E-state index in [1.165, 1.54) is 0 Å². The van der Waals surface area contributed by atoms with Gasteiger partial charge >= 0.3 is 0 Å². The van der Waals surface area contributed by atoms with Crippen LogP contribution in [0.2, 0.25) is 5.15 Å². The first-order valence-electron chi connectivity index (χ1n) is 5.54. The molecule has 0 aliphatic heterocycles. The van der Waals surface area contributed by atoms with E-state index >= 15 is 0 Å². The summed E-state index contributed by atoms with van der Waals surface area (Å²) in [6.07, 6.45) is 2.04. The third-order valence-electron chi connectivity index (χ3n) is 3.35. The van der Waals surface area contributed by atoms with Crippen LogP contribution < -0.4 is 5.73 Å². The van der Waals surface area contributed by atoms with Crippen LogP contribution >= 0.6 is 11.6 Å². The molecule has 2 atom stereocenters. The fourth-order valence-electron chi connectivity index (χ4n) is 2.47. The van der Waals surface area contributed by atoms with E-state index in [1.807, 2.05) is 6.92 Å². The van der Waals surface area contributed by atoms with Gasteiger partial charge in [-0.05, 0) is 26.2 Å². The molecule has 2 unspecified atom stereocenters. The molecule has 1 saturated carbocycles. The molecule has 0 radical (unpaired) electrons. The highest BCUT2D eigenvalue weighted by Crippen LogP contribution is 2.37. The minimum Gasteiger partial charge on any atom is -0.328 e. The summed E-state index contributed by atoms with van der Waals surface area (Å²) in [6.45, 7) is 1.86. The van der Waals surface area contributed by atoms with Gasteiger partial charge in [-0.25, -0.2) is 4.39 Å². The predicted molar refractivity (Wildman–Crippen MR) is 62.3 cm³/mol. The van der Waals surface area contributed by atoms with Crippen molar-refractivity contribution < 1.29 is 4.39 Å². The summed E-state index contributed by atoms with van der Waals surface area (Å²) in [5.74, 6) is 0. The maximum Gasteiger partial charge on any atom is 0.130 e. The van der Waals surface area contributed by atoms with Crippen LogP contribution in [0.25, 0.3) is 0 Å². The number of hydrogen-bond donors (Lipinski definition) is 1. The Hall–Kier alpha value is -0.610. The molecular formula is C11H17ClFN3. The van der Waals surface area contributed by atoms with Crippen molar-refractivity contribution in [1.82, 2.24) is 9.78 Å². The zero-order valence-electron chi connectivity index (χ0n) is 9.63. The lowest BCUT2D eigenvalue weighted by Gasteiger charge is -2.19. The van der Waals surface area contributed by atoms with Crippen molar-refractivity contribution in [2.24, 2.45) is 12.8 Å². The fraction of sp³-hybridized carbons (Fsp3) is 0.727. The second kappa shape index (κ2) is 4.00. The maximum absolute atomic E-state index is 14.4. The van der Waals surface area contributed by atoms with Crippen molar-refractivity contribution in [3.63, 3.8) is 0 Å². The number of nitrogens with two attached hydrogens (primary N) is 1. The highest BCUT2D eigenvalue weighted by Gasteiger charge is 2.39. The highest BCUT2D eigenvalue weighted by molar-refractivity contribution is 6.30. The highest BCUT2D eigenvalue weighted by atomic mass is 35.5. The van der Waals surface area contributed by atoms with Gasteiger partial charge in [0.1, 0.15) is 10.8 Å². The van der Waals surface area contributed by atoms with Gasteiger partial charge in [-0.2, -0.15) is 5.10 Å². The summed E-state index contributed by atoms with van der Waals surface area (Å²) < 4.78 is 16.0. The normalized spacial score (nSPS) is 29.9. The lowest BCUT2D eigenvalue weighted by molar-refractivity contribution is 0.170. The van der Waals surface area contributed by atoms with Gasteiger partial charge in [0.05, 0.1) is 5.69 Å². The Labute approximate surface area is 99.8 Å². The molecule has 90 valence electrons. The Morgan fingerprint density at radius 2 is 2.38 bits per heavy atom. The summed E-state index contributed by atoms with van der Waals surface area (Å²) in [4.78, 5) is 0. The largest absolute Gasteiger partial charge is 0.328 e. The standard InChI is InChI=1S/C11H17ClFN3/c1-7-9(10(12)16(2)15-7)6-11(13)4-3-8(14)5-11/h8H,3-6,14H2,1-2H3. The van der Waals surface area contributed by atoms with Gasteiger partial charge < -0.3 is 5.73 Å². The van der Waals surface area contributed by atoms with Gasteiger partial charge in [-0.1, -0.05) is 11.6 Å². The first-order valence-corrected chi connectivity index (χ1v) is 5.91. The number of alkyl halides is 1. The van der Waals surface area contributed by atoms with Gasteiger partial charge in [0.2, 0.25) is 0 Å². The fourth-order valence-corrected chi connectivity index (χ4v) is 2.71. The van der Waals surface area contributed by atoms with Crippen molar-refractivity contribution in [2.45, 2.75) is 44.3 Å². The van der Waals surface area contributed by atoms with Crippen LogP contribution in [0.5, 0.6) is 0 Å². The monoisotopic (exact) mass is 245 g/mol. The number of nitrogens with zero attached hydrogens (tertiary/aromatic N) is 2. The molecule has 0 bridgehead atoms. The number of aromatic nitrogens is 2. The molecule has 16 heavy (non-hydrogen) atoms. The average molecular weight is 246 g/mol. The summed E-state index contributed by atoms with van der Waals surface area (Å²) in [6, 6.07) is -0.0132. The van der Waals surface area contributed by atoms with E-state index in [0.29, 0.717) is 24.4 Å². The lowest BCUT2D eigenvalue weighted by atomic mass is 9.95. The molecule has 1 fully saturated rings. The Balaban J connectivity index is 2.21. The smallest absolute Gasteiger partial charge is 0.130 e. The van der Waals surface area contributed by atoms with Crippen LogP contribution in [0.4, 0.5) is 4.39 Å². The zero-order chi connectivity index (χ0) is 11.9. The number of halogens is 2. The van der Waals surface area contributed by atoms with Gasteiger partial charge in [0, 0.05) is 25.1 Å². The number of aryl methyl sites for hydroxylation is 2. The Bertz CT molecular complexity index is 404. The van der Waals surface area contributed by atoms with Gasteiger partial charge in [-0.15, -0.1) is 0 Å². The van der Waals surface area contributed by atoms with Crippen molar-refractivity contribution in [2.75, 3.05) is 0 Å². The van der Waals surface area contributed by atoms with Crippen molar-refractivity contribution in [3.8, 4) is 0 Å². The third kappa shape index (κ3) is 2.09. The summed E-state index contributed by atoms with van der Waals surface area (Å²) in [5.41, 5.74) is 6.18. The van der Waals surface area contributed by atoms with E-state index in [4.69, 9.17) is 17.3 Å². The van der Waals surface area contributed by atoms with E-state index in [2.05, 4.69) is 5.10 Å². The summed E-state index contributed by atoms with van der Waals surface area (Å²) in [7, 11) is 1.77. The van der Waals surface area contributed by atoms with Crippen molar-refractivity contribution in [3.05, 3.63) is 16.4 Å². The van der Waals surface area contributed by atoms with Crippen LogP contribution in [-0.2, 0) is 13.5 Å². The molecule has 2 rings (SSSR count). The Morgan fingerprint density at radius 1 is 1.69 bits per heavy atom. The molecular weight excluding hydrogens is 229 g/mol. The van der Waals surface area contributed by atoms with E-state index < -0.39 is 5.67 Å². The van der Waals surface area contributed by atoms with Crippen molar-refractivity contribution in [1.29, 1.82) is 0 Å². The van der Waals surface area contributed by atoms with Crippen LogP contribution in [-0.4, -0.2) is 21.5 Å². The van der Waals surface area contributed by atoms with Gasteiger partial charge in [-0.3, -0.25) is 4.68 Å². The molecule has 1 aliphatic rings. The molecule has 1 aromatic rings. The molecule has 1 heterocycles. The van der Waals surface area contributed by atoms with E-state index in [-0.39, 0.29) is 6.04 Å². The zero-order valence-corrected chi connectivity index (χ0v) is 10.4. The third-order valence-corrected chi connectivity index (χ3v) is 3.83. The second-order valence-corrected chi connectivity index (χ2v) is 5.17. The van der Waals surface area contributed by atoms with Crippen LogP contribution in [0.15, 0.2) is 0 Å². The molecule has 1 aromatic heterocycles. The molecule has 0 saturated heterocycles. The van der Waals surface area contributed by atoms with Gasteiger partial charge in [0.25, 0.3) is 0 Å². The average Bonchev–Trinajstić information content (AvgIpc) is 2.63. The van der Waals surface area contributed by atoms with Crippen LogP contribution in [0, 0.1) is 6.92 Å². The summed E-state index contributed by atoms with van der Waals surface area (Å²) in [5, 5.41) is 4.73. The van der Waals surface area contributed by atoms with Crippen LogP contribution in [0.1, 0.15) is 30.5 Å². The van der Waals surface area contributed by atoms with E-state index in [9.17, 15) is 4.39 Å². The summed E-state index contributed by atoms with van der Waals surface area (Å²) >= 11 is 6.09. The molecule has 0 spiro atoms. The number of rotatable bonds is 2. The molecule has 5 heteroatoms. The molecule has 2 N–H and O–H groups in total. The molecule has 0 amide bonds. The van der Waals surface area contributed by atoms with Crippen molar-refractivity contribution >= 4 is 11.6 Å². The van der Waals surface area contributed by atoms with Gasteiger partial charge in [0.15, 0.2) is 0 Å².